The molecule has 2 heterocycles. The summed E-state index contributed by atoms with van der Waals surface area (Å²) in [4.78, 5) is 14.9. The predicted molar refractivity (Wildman–Crippen MR) is 50.2 cm³/mol. The van der Waals surface area contributed by atoms with Gasteiger partial charge in [0.05, 0.1) is 0 Å². The zero-order valence-corrected chi connectivity index (χ0v) is 8.05. The van der Waals surface area contributed by atoms with E-state index >= 15 is 0 Å². The van der Waals surface area contributed by atoms with Crippen LogP contribution in [0.3, 0.4) is 0 Å². The van der Waals surface area contributed by atoms with Gasteiger partial charge >= 0.3 is 0 Å². The first-order valence-electron chi connectivity index (χ1n) is 4.53. The highest BCUT2D eigenvalue weighted by Crippen LogP contribution is 2.21. The number of rotatable bonds is 1. The normalized spacial score (nSPS) is 16.4. The van der Waals surface area contributed by atoms with Gasteiger partial charge in [-0.05, 0) is 12.8 Å². The number of halogens is 1. The van der Waals surface area contributed by atoms with Gasteiger partial charge in [-0.25, -0.2) is 4.98 Å². The topological polar surface area (TPSA) is 34.9 Å². The molecule has 1 aromatic rings. The first-order chi connectivity index (χ1) is 6.33. The molecular formula is C9H11ClN2O. The summed E-state index contributed by atoms with van der Waals surface area (Å²) < 4.78 is 1.95. The molecule has 0 fully saturated rings. The van der Waals surface area contributed by atoms with Gasteiger partial charge in [0.25, 0.3) is 0 Å². The number of carbonyl (C=O) groups excluding carboxylic acids is 1. The van der Waals surface area contributed by atoms with Crippen molar-refractivity contribution in [2.45, 2.75) is 32.2 Å². The van der Waals surface area contributed by atoms with Gasteiger partial charge in [-0.2, -0.15) is 0 Å². The zero-order chi connectivity index (χ0) is 9.26. The van der Waals surface area contributed by atoms with Gasteiger partial charge in [0, 0.05) is 13.0 Å². The van der Waals surface area contributed by atoms with Crippen molar-refractivity contribution in [2.24, 2.45) is 0 Å². The molecule has 0 saturated heterocycles. The van der Waals surface area contributed by atoms with E-state index in [-0.39, 0.29) is 0 Å². The van der Waals surface area contributed by atoms with Crippen molar-refractivity contribution in [1.29, 1.82) is 0 Å². The number of aryl methyl sites for hydroxylation is 1. The number of imidazole rings is 1. The van der Waals surface area contributed by atoms with Crippen molar-refractivity contribution in [3.8, 4) is 0 Å². The van der Waals surface area contributed by atoms with Crippen molar-refractivity contribution in [3.63, 3.8) is 0 Å². The second-order valence-electron chi connectivity index (χ2n) is 3.28. The Morgan fingerprint density at radius 1 is 1.38 bits per heavy atom. The van der Waals surface area contributed by atoms with E-state index < -0.39 is 0 Å². The fraction of sp³-hybridized carbons (Fsp3) is 0.556. The summed E-state index contributed by atoms with van der Waals surface area (Å²) in [6.07, 6.45) is 5.20. The van der Waals surface area contributed by atoms with Crippen molar-refractivity contribution >= 4 is 17.9 Å². The highest BCUT2D eigenvalue weighted by atomic mass is 35.5. The van der Waals surface area contributed by atoms with E-state index in [1.807, 2.05) is 4.57 Å². The number of hydrogen-bond acceptors (Lipinski definition) is 2. The molecule has 2 rings (SSSR count). The Bertz CT molecular complexity index is 333. The second kappa shape index (κ2) is 3.50. The average molecular weight is 199 g/mol. The van der Waals surface area contributed by atoms with E-state index in [2.05, 4.69) is 4.98 Å². The molecule has 3 nitrogen and oxygen atoms in total. The summed E-state index contributed by atoms with van der Waals surface area (Å²) in [5, 5.41) is 0.354. The van der Waals surface area contributed by atoms with Crippen LogP contribution < -0.4 is 0 Å². The lowest BCUT2D eigenvalue weighted by atomic mass is 10.2. The first kappa shape index (κ1) is 8.75. The van der Waals surface area contributed by atoms with Gasteiger partial charge in [0.1, 0.15) is 11.5 Å². The summed E-state index contributed by atoms with van der Waals surface area (Å²) in [6, 6.07) is 0. The van der Waals surface area contributed by atoms with E-state index in [9.17, 15) is 4.79 Å². The Balaban J connectivity index is 2.46. The molecule has 1 aliphatic rings. The lowest BCUT2D eigenvalue weighted by Gasteiger charge is -2.02. The molecule has 0 amide bonds. The highest BCUT2D eigenvalue weighted by Gasteiger charge is 2.16. The van der Waals surface area contributed by atoms with Crippen LogP contribution in [0.4, 0.5) is 0 Å². The molecule has 0 unspecified atom stereocenters. The summed E-state index contributed by atoms with van der Waals surface area (Å²) in [7, 11) is 0. The van der Waals surface area contributed by atoms with Crippen molar-refractivity contribution in [3.05, 3.63) is 16.7 Å². The monoisotopic (exact) mass is 198 g/mol. The van der Waals surface area contributed by atoms with Gasteiger partial charge in [0.2, 0.25) is 0 Å². The first-order valence-corrected chi connectivity index (χ1v) is 4.91. The maximum atomic E-state index is 10.7. The minimum absolute atomic E-state index is 0.354. The smallest absolute Gasteiger partial charge is 0.169 e. The molecule has 0 radical (unpaired) electrons. The molecule has 0 atom stereocenters. The molecule has 70 valence electrons. The molecule has 1 aliphatic heterocycles. The number of carbonyl (C=O) groups is 1. The molecule has 0 aliphatic carbocycles. The quantitative estimate of drug-likeness (QED) is 0.648. The Kier molecular flexibility index (Phi) is 2.36. The minimum Gasteiger partial charge on any atom is -0.325 e. The van der Waals surface area contributed by atoms with Crippen LogP contribution in [0.2, 0.25) is 5.15 Å². The van der Waals surface area contributed by atoms with Crippen LogP contribution >= 0.6 is 11.6 Å². The molecule has 4 heteroatoms. The number of fused-ring (bicyclic) bond motifs is 1. The van der Waals surface area contributed by atoms with Crippen molar-refractivity contribution in [2.75, 3.05) is 0 Å². The van der Waals surface area contributed by atoms with Gasteiger partial charge in [-0.1, -0.05) is 18.0 Å². The summed E-state index contributed by atoms with van der Waals surface area (Å²) in [5.74, 6) is 0.963. The number of aldehydes is 1. The maximum Gasteiger partial charge on any atom is 0.169 e. The fourth-order valence-electron chi connectivity index (χ4n) is 1.76. The molecular weight excluding hydrogens is 188 g/mol. The highest BCUT2D eigenvalue weighted by molar-refractivity contribution is 6.31. The number of aromatic nitrogens is 2. The molecule has 0 bridgehead atoms. The standard InChI is InChI=1S/C9H11ClN2O/c10-9-7(6-13)12-5-3-1-2-4-8(12)11-9/h6H,1-5H2. The van der Waals surface area contributed by atoms with E-state index in [4.69, 9.17) is 11.6 Å². The van der Waals surface area contributed by atoms with E-state index in [1.165, 1.54) is 6.42 Å². The third-order valence-corrected chi connectivity index (χ3v) is 2.71. The van der Waals surface area contributed by atoms with Crippen LogP contribution in [-0.4, -0.2) is 15.8 Å². The van der Waals surface area contributed by atoms with Gasteiger partial charge in [0.15, 0.2) is 11.4 Å². The van der Waals surface area contributed by atoms with E-state index in [1.54, 1.807) is 0 Å². The third kappa shape index (κ3) is 1.48. The second-order valence-corrected chi connectivity index (χ2v) is 3.64. The van der Waals surface area contributed by atoms with Crippen LogP contribution in [0.25, 0.3) is 0 Å². The van der Waals surface area contributed by atoms with Crippen LogP contribution in [0.1, 0.15) is 35.6 Å². The Morgan fingerprint density at radius 2 is 2.23 bits per heavy atom. The zero-order valence-electron chi connectivity index (χ0n) is 7.29. The van der Waals surface area contributed by atoms with Gasteiger partial charge in [-0.3, -0.25) is 4.79 Å². The number of hydrogen-bond donors (Lipinski definition) is 0. The SMILES string of the molecule is O=Cc1c(Cl)nc2n1CCCCC2. The molecule has 0 aromatic carbocycles. The molecule has 0 spiro atoms. The van der Waals surface area contributed by atoms with Crippen LogP contribution in [0, 0.1) is 0 Å². The van der Waals surface area contributed by atoms with E-state index in [0.29, 0.717) is 10.8 Å². The molecule has 13 heavy (non-hydrogen) atoms. The van der Waals surface area contributed by atoms with E-state index in [0.717, 1.165) is 37.9 Å². The van der Waals surface area contributed by atoms with Crippen LogP contribution in [0.5, 0.6) is 0 Å². The van der Waals surface area contributed by atoms with Gasteiger partial charge < -0.3 is 4.57 Å². The summed E-state index contributed by atoms with van der Waals surface area (Å²) >= 11 is 5.83. The fourth-order valence-corrected chi connectivity index (χ4v) is 2.01. The van der Waals surface area contributed by atoms with Crippen LogP contribution in [0.15, 0.2) is 0 Å². The summed E-state index contributed by atoms with van der Waals surface area (Å²) in [6.45, 7) is 0.878. The Morgan fingerprint density at radius 3 is 3.00 bits per heavy atom. The van der Waals surface area contributed by atoms with Gasteiger partial charge in [-0.15, -0.1) is 0 Å². The predicted octanol–water partition coefficient (Wildman–Crippen LogP) is 2.08. The maximum absolute atomic E-state index is 10.7. The number of nitrogens with zero attached hydrogens (tertiary/aromatic N) is 2. The lowest BCUT2D eigenvalue weighted by molar-refractivity contribution is 0.111. The van der Waals surface area contributed by atoms with Crippen LogP contribution in [-0.2, 0) is 13.0 Å². The third-order valence-electron chi connectivity index (χ3n) is 2.43. The Labute approximate surface area is 81.7 Å². The minimum atomic E-state index is 0.354. The lowest BCUT2D eigenvalue weighted by Crippen LogP contribution is -2.04. The summed E-state index contributed by atoms with van der Waals surface area (Å²) in [5.41, 5.74) is 0.540. The Hall–Kier alpha value is -0.830. The average Bonchev–Trinajstić information content (AvgIpc) is 2.32. The molecule has 0 N–H and O–H groups in total. The largest absolute Gasteiger partial charge is 0.325 e. The molecule has 0 saturated carbocycles. The van der Waals surface area contributed by atoms with Crippen molar-refractivity contribution < 1.29 is 4.79 Å². The molecule has 1 aromatic heterocycles. The van der Waals surface area contributed by atoms with Crippen molar-refractivity contribution in [1.82, 2.24) is 9.55 Å².